The highest BCUT2D eigenvalue weighted by Crippen LogP contribution is 2.51. The third kappa shape index (κ3) is 8.48. The molecule has 2 heterocycles. The summed E-state index contributed by atoms with van der Waals surface area (Å²) >= 11 is 0. The molecule has 0 atom stereocenters. The SMILES string of the molecule is CB1c2cc3c(-c4ccccc4)c4ccccc4c(-c4ccccc4)c3cc2N(c2cc(-c3ccccc3)cc(-c3ccccc3)c2)c2cc3c(oc4ccccc43)c(-c3cc(C(C)(C)C)cc(-c4cc(C(C)(C)C)ccc4C)c3C)c21. The lowest BCUT2D eigenvalue weighted by Crippen LogP contribution is -2.49. The molecular formula is C79H66BNO. The number of benzene rings is 12. The maximum absolute atomic E-state index is 7.39. The van der Waals surface area contributed by atoms with E-state index in [1.54, 1.807) is 0 Å². The lowest BCUT2D eigenvalue weighted by atomic mass is 9.39. The monoisotopic (exact) mass is 1060 g/mol. The largest absolute Gasteiger partial charge is 0.455 e. The van der Waals surface area contributed by atoms with Crippen LogP contribution in [0.1, 0.15) is 63.8 Å². The molecule has 0 saturated heterocycles. The van der Waals surface area contributed by atoms with E-state index >= 15 is 0 Å². The zero-order chi connectivity index (χ0) is 56.2. The molecule has 396 valence electrons. The first-order chi connectivity index (χ1) is 39.7. The van der Waals surface area contributed by atoms with E-state index in [0.717, 1.165) is 55.7 Å². The summed E-state index contributed by atoms with van der Waals surface area (Å²) in [6, 6.07) is 88.5. The van der Waals surface area contributed by atoms with E-state index in [1.165, 1.54) is 105 Å². The van der Waals surface area contributed by atoms with Crippen molar-refractivity contribution in [2.75, 3.05) is 4.90 Å². The number of hydrogen-bond donors (Lipinski definition) is 0. The van der Waals surface area contributed by atoms with Gasteiger partial charge in [-0.05, 0) is 172 Å². The average Bonchev–Trinajstić information content (AvgIpc) is 2.39. The Morgan fingerprint density at radius 1 is 0.366 bits per heavy atom. The van der Waals surface area contributed by atoms with Crippen LogP contribution in [0.2, 0.25) is 6.82 Å². The van der Waals surface area contributed by atoms with Gasteiger partial charge in [-0.15, -0.1) is 0 Å². The van der Waals surface area contributed by atoms with E-state index in [2.05, 4.69) is 304 Å². The quantitative estimate of drug-likeness (QED) is 0.117. The molecule has 1 aliphatic heterocycles. The molecule has 0 saturated carbocycles. The predicted octanol–water partition coefficient (Wildman–Crippen LogP) is 21.1. The fourth-order valence-corrected chi connectivity index (χ4v) is 13.3. The second-order valence-electron chi connectivity index (χ2n) is 24.9. The summed E-state index contributed by atoms with van der Waals surface area (Å²) in [4.78, 5) is 2.63. The summed E-state index contributed by atoms with van der Waals surface area (Å²) in [6.45, 7) is 21.0. The molecule has 0 amide bonds. The van der Waals surface area contributed by atoms with E-state index in [1.807, 2.05) is 0 Å². The first kappa shape index (κ1) is 51.0. The van der Waals surface area contributed by atoms with Crippen molar-refractivity contribution in [3.63, 3.8) is 0 Å². The average molecular weight is 1060 g/mol. The van der Waals surface area contributed by atoms with Crippen molar-refractivity contribution in [3.8, 4) is 66.8 Å². The highest BCUT2D eigenvalue weighted by Gasteiger charge is 2.38. The molecule has 0 spiro atoms. The van der Waals surface area contributed by atoms with E-state index in [9.17, 15) is 0 Å². The second-order valence-corrected chi connectivity index (χ2v) is 24.9. The standard InChI is InChI=1S/C79H66BNO/c1-49-38-39-57(78(3,4)5)43-63(49)64-44-58(79(6,7)8)45-65(50(64)2)75-76-71(48-68-60-34-24-25-37-72(60)82-77(68)75)81(59-41-55(51-26-14-10-15-27-51)40-56(42-59)52-28-16-11-17-29-52)70-47-67-66(46-69(70)80(76)9)73(53-30-18-12-19-31-53)61-35-22-23-36-62(61)74(67)54-32-20-13-21-33-54/h10-48H,1-9H3. The maximum atomic E-state index is 7.39. The Morgan fingerprint density at radius 2 is 0.841 bits per heavy atom. The molecule has 1 aromatic heterocycles. The van der Waals surface area contributed by atoms with Crippen LogP contribution in [0, 0.1) is 13.8 Å². The van der Waals surface area contributed by atoms with Crippen LogP contribution < -0.4 is 15.8 Å². The smallest absolute Gasteiger partial charge is 0.212 e. The van der Waals surface area contributed by atoms with Gasteiger partial charge >= 0.3 is 0 Å². The molecule has 0 N–H and O–H groups in total. The van der Waals surface area contributed by atoms with Crippen LogP contribution in [-0.2, 0) is 10.8 Å². The van der Waals surface area contributed by atoms with E-state index < -0.39 is 0 Å². The zero-order valence-electron chi connectivity index (χ0n) is 48.4. The zero-order valence-corrected chi connectivity index (χ0v) is 48.4. The first-order valence-electron chi connectivity index (χ1n) is 29.1. The molecule has 0 bridgehead atoms. The molecule has 3 heteroatoms. The van der Waals surface area contributed by atoms with Crippen LogP contribution in [0.15, 0.2) is 241 Å². The van der Waals surface area contributed by atoms with Crippen molar-refractivity contribution in [1.29, 1.82) is 0 Å². The second kappa shape index (κ2) is 19.5. The van der Waals surface area contributed by atoms with Gasteiger partial charge in [0.15, 0.2) is 0 Å². The minimum Gasteiger partial charge on any atom is -0.455 e. The van der Waals surface area contributed by atoms with Crippen LogP contribution in [0.4, 0.5) is 17.1 Å². The molecule has 0 radical (unpaired) electrons. The molecule has 13 aromatic rings. The van der Waals surface area contributed by atoms with Gasteiger partial charge in [0.25, 0.3) is 0 Å². The lowest BCUT2D eigenvalue weighted by molar-refractivity contribution is 0.589. The van der Waals surface area contributed by atoms with Gasteiger partial charge in [0, 0.05) is 33.4 Å². The number of fused-ring (bicyclic) bond motifs is 7. The third-order valence-electron chi connectivity index (χ3n) is 17.7. The lowest BCUT2D eigenvalue weighted by Gasteiger charge is -2.38. The van der Waals surface area contributed by atoms with E-state index in [4.69, 9.17) is 4.42 Å². The Balaban J connectivity index is 1.18. The number of rotatable bonds is 7. The Bertz CT molecular complexity index is 4600. The predicted molar refractivity (Wildman–Crippen MR) is 354 cm³/mol. The maximum Gasteiger partial charge on any atom is 0.212 e. The van der Waals surface area contributed by atoms with Crippen molar-refractivity contribution < 1.29 is 4.42 Å². The molecule has 14 rings (SSSR count). The van der Waals surface area contributed by atoms with Crippen molar-refractivity contribution in [3.05, 3.63) is 259 Å². The molecule has 82 heavy (non-hydrogen) atoms. The van der Waals surface area contributed by atoms with Gasteiger partial charge in [-0.3, -0.25) is 0 Å². The summed E-state index contributed by atoms with van der Waals surface area (Å²) in [5.74, 6) is 0. The van der Waals surface area contributed by atoms with Gasteiger partial charge in [0.2, 0.25) is 6.71 Å². The van der Waals surface area contributed by atoms with Crippen molar-refractivity contribution in [1.82, 2.24) is 0 Å². The van der Waals surface area contributed by atoms with Crippen molar-refractivity contribution >= 4 is 78.2 Å². The molecular weight excluding hydrogens is 990 g/mol. The topological polar surface area (TPSA) is 16.4 Å². The van der Waals surface area contributed by atoms with Crippen LogP contribution >= 0.6 is 0 Å². The number of hydrogen-bond acceptors (Lipinski definition) is 2. The number of nitrogens with zero attached hydrogens (tertiary/aromatic N) is 1. The number of aryl methyl sites for hydroxylation is 1. The molecule has 2 nitrogen and oxygen atoms in total. The molecule has 0 unspecified atom stereocenters. The minimum absolute atomic E-state index is 0.0249. The molecule has 12 aromatic carbocycles. The molecule has 0 aliphatic carbocycles. The summed E-state index contributed by atoms with van der Waals surface area (Å²) in [5.41, 5.74) is 27.0. The fraction of sp³-hybridized carbons (Fsp3) is 0.139. The Kier molecular flexibility index (Phi) is 12.1. The van der Waals surface area contributed by atoms with Crippen LogP contribution in [0.5, 0.6) is 0 Å². The van der Waals surface area contributed by atoms with E-state index in [0.29, 0.717) is 0 Å². The summed E-state index contributed by atoms with van der Waals surface area (Å²) in [6.07, 6.45) is 0. The van der Waals surface area contributed by atoms with Crippen LogP contribution in [0.3, 0.4) is 0 Å². The van der Waals surface area contributed by atoms with Crippen molar-refractivity contribution in [2.24, 2.45) is 0 Å². The summed E-state index contributed by atoms with van der Waals surface area (Å²) in [5, 5.41) is 7.12. The van der Waals surface area contributed by atoms with Gasteiger partial charge in [0.05, 0.1) is 0 Å². The fourth-order valence-electron chi connectivity index (χ4n) is 13.3. The van der Waals surface area contributed by atoms with Crippen LogP contribution in [0.25, 0.3) is 110 Å². The molecule has 1 aliphatic rings. The van der Waals surface area contributed by atoms with Gasteiger partial charge in [0.1, 0.15) is 11.2 Å². The highest BCUT2D eigenvalue weighted by molar-refractivity contribution is 6.89. The highest BCUT2D eigenvalue weighted by atomic mass is 16.3. The normalized spacial score (nSPS) is 12.6. The summed E-state index contributed by atoms with van der Waals surface area (Å²) < 4.78 is 7.39. The third-order valence-corrected chi connectivity index (χ3v) is 17.7. The minimum atomic E-state index is -0.170. The van der Waals surface area contributed by atoms with Gasteiger partial charge in [-0.1, -0.05) is 254 Å². The number of furan rings is 1. The van der Waals surface area contributed by atoms with Gasteiger partial charge < -0.3 is 9.32 Å². The Labute approximate surface area is 483 Å². The van der Waals surface area contributed by atoms with Gasteiger partial charge in [-0.2, -0.15) is 0 Å². The van der Waals surface area contributed by atoms with Crippen LogP contribution in [-0.4, -0.2) is 6.71 Å². The van der Waals surface area contributed by atoms with Crippen molar-refractivity contribution in [2.45, 2.75) is 73.0 Å². The number of anilines is 3. The van der Waals surface area contributed by atoms with Gasteiger partial charge in [-0.25, -0.2) is 0 Å². The number of para-hydroxylation sites is 1. The first-order valence-corrected chi connectivity index (χ1v) is 29.1. The summed E-state index contributed by atoms with van der Waals surface area (Å²) in [7, 11) is 0. The molecule has 0 fully saturated rings. The Hall–Kier alpha value is -9.18. The van der Waals surface area contributed by atoms with E-state index in [-0.39, 0.29) is 17.5 Å². The Morgan fingerprint density at radius 3 is 1.40 bits per heavy atom.